The number of rotatable bonds is 6. The third-order valence-corrected chi connectivity index (χ3v) is 6.25. The molecule has 0 bridgehead atoms. The molecule has 0 amide bonds. The number of fused-ring (bicyclic) bond motifs is 1. The molecule has 2 heterocycles. The van der Waals surface area contributed by atoms with E-state index in [0.29, 0.717) is 23.1 Å². The van der Waals surface area contributed by atoms with Crippen LogP contribution in [0.25, 0.3) is 11.0 Å². The molecule has 3 rings (SSSR count). The maximum Gasteiger partial charge on any atom is 0.274 e. The molecule has 0 atom stereocenters. The normalized spacial score (nSPS) is 17.2. The topological polar surface area (TPSA) is 80.6 Å². The predicted molar refractivity (Wildman–Crippen MR) is 99.8 cm³/mol. The lowest BCUT2D eigenvalue weighted by Gasteiger charge is -2.37. The molecule has 26 heavy (non-hydrogen) atoms. The van der Waals surface area contributed by atoms with E-state index in [1.807, 2.05) is 0 Å². The second kappa shape index (κ2) is 8.22. The average molecular weight is 407 g/mol. The van der Waals surface area contributed by atoms with E-state index in [2.05, 4.69) is 10.0 Å². The Bertz CT molecular complexity index is 858. The molecule has 1 aromatic heterocycles. The van der Waals surface area contributed by atoms with Crippen molar-refractivity contribution in [3.8, 4) is 0 Å². The van der Waals surface area contributed by atoms with Crippen LogP contribution in [0.1, 0.15) is 18.4 Å². The molecule has 0 spiro atoms. The van der Waals surface area contributed by atoms with Gasteiger partial charge in [-0.2, -0.15) is 0 Å². The van der Waals surface area contributed by atoms with Gasteiger partial charge in [-0.05, 0) is 51.1 Å². The SMILES string of the molecule is COCC1(CNS(=O)(=O)c2oc3ccc(F)cc3c2C)CCNCC1.Cl. The van der Waals surface area contributed by atoms with Gasteiger partial charge in [-0.3, -0.25) is 0 Å². The molecule has 1 aromatic carbocycles. The molecular formula is C17H24ClFN2O4S. The van der Waals surface area contributed by atoms with Crippen LogP contribution >= 0.6 is 12.4 Å². The van der Waals surface area contributed by atoms with Crippen LogP contribution in [0.15, 0.2) is 27.7 Å². The number of sulfonamides is 1. The Hall–Kier alpha value is -1.19. The summed E-state index contributed by atoms with van der Waals surface area (Å²) in [5, 5.41) is 3.58. The zero-order valence-corrected chi connectivity index (χ0v) is 16.4. The molecular weight excluding hydrogens is 383 g/mol. The zero-order valence-electron chi connectivity index (χ0n) is 14.8. The van der Waals surface area contributed by atoms with Gasteiger partial charge >= 0.3 is 0 Å². The molecule has 6 nitrogen and oxygen atoms in total. The largest absolute Gasteiger partial charge is 0.443 e. The van der Waals surface area contributed by atoms with Crippen LogP contribution in [-0.2, 0) is 14.8 Å². The van der Waals surface area contributed by atoms with Gasteiger partial charge in [0.15, 0.2) is 0 Å². The average Bonchev–Trinajstić information content (AvgIpc) is 2.92. The summed E-state index contributed by atoms with van der Waals surface area (Å²) in [6.07, 6.45) is 1.65. The number of nitrogens with one attached hydrogen (secondary N) is 2. The van der Waals surface area contributed by atoms with E-state index in [1.54, 1.807) is 14.0 Å². The summed E-state index contributed by atoms with van der Waals surface area (Å²) >= 11 is 0. The van der Waals surface area contributed by atoms with Crippen molar-refractivity contribution in [2.24, 2.45) is 5.41 Å². The third-order valence-electron chi connectivity index (χ3n) is 4.85. The van der Waals surface area contributed by atoms with Crippen molar-refractivity contribution in [2.45, 2.75) is 24.9 Å². The smallest absolute Gasteiger partial charge is 0.274 e. The first-order valence-corrected chi connectivity index (χ1v) is 9.73. The van der Waals surface area contributed by atoms with Crippen molar-refractivity contribution in [2.75, 3.05) is 33.4 Å². The number of piperidine rings is 1. The number of aryl methyl sites for hydroxylation is 1. The summed E-state index contributed by atoms with van der Waals surface area (Å²) in [4.78, 5) is 0. The highest BCUT2D eigenvalue weighted by molar-refractivity contribution is 7.89. The zero-order chi connectivity index (χ0) is 18.1. The lowest BCUT2D eigenvalue weighted by molar-refractivity contribution is 0.0576. The van der Waals surface area contributed by atoms with Crippen molar-refractivity contribution in [3.05, 3.63) is 29.6 Å². The monoisotopic (exact) mass is 406 g/mol. The van der Waals surface area contributed by atoms with E-state index in [-0.39, 0.29) is 29.5 Å². The van der Waals surface area contributed by atoms with Crippen LogP contribution in [0.5, 0.6) is 0 Å². The third kappa shape index (κ3) is 4.20. The summed E-state index contributed by atoms with van der Waals surface area (Å²) in [6, 6.07) is 3.97. The highest BCUT2D eigenvalue weighted by Gasteiger charge is 2.34. The van der Waals surface area contributed by atoms with E-state index in [4.69, 9.17) is 9.15 Å². The van der Waals surface area contributed by atoms with Crippen molar-refractivity contribution in [1.82, 2.24) is 10.0 Å². The van der Waals surface area contributed by atoms with Crippen LogP contribution in [0.4, 0.5) is 4.39 Å². The molecule has 1 saturated heterocycles. The molecule has 0 saturated carbocycles. The fourth-order valence-electron chi connectivity index (χ4n) is 3.38. The molecule has 0 unspecified atom stereocenters. The number of ether oxygens (including phenoxy) is 1. The van der Waals surface area contributed by atoms with Gasteiger partial charge in [-0.25, -0.2) is 17.5 Å². The van der Waals surface area contributed by atoms with E-state index in [1.165, 1.54) is 18.2 Å². The first kappa shape index (κ1) is 21.1. The van der Waals surface area contributed by atoms with Crippen LogP contribution < -0.4 is 10.0 Å². The standard InChI is InChI=1S/C17H23FN2O4S.ClH/c1-12-14-9-13(18)3-4-15(14)24-16(12)25(21,22)20-10-17(11-23-2)5-7-19-8-6-17;/h3-4,9,19-20H,5-8,10-11H2,1-2H3;1H. The van der Waals surface area contributed by atoms with Crippen molar-refractivity contribution in [1.29, 1.82) is 0 Å². The lowest BCUT2D eigenvalue weighted by Crippen LogP contribution is -2.47. The summed E-state index contributed by atoms with van der Waals surface area (Å²) in [5.41, 5.74) is 0.528. The molecule has 2 aromatic rings. The summed E-state index contributed by atoms with van der Waals surface area (Å²) in [5.74, 6) is -0.429. The Morgan fingerprint density at radius 3 is 2.69 bits per heavy atom. The molecule has 1 fully saturated rings. The number of methoxy groups -OCH3 is 1. The Morgan fingerprint density at radius 2 is 2.04 bits per heavy atom. The quantitative estimate of drug-likeness (QED) is 0.770. The molecule has 1 aliphatic rings. The molecule has 1 aliphatic heterocycles. The predicted octanol–water partition coefficient (Wildman–Crippen LogP) is 2.60. The highest BCUT2D eigenvalue weighted by atomic mass is 35.5. The first-order chi connectivity index (χ1) is 11.9. The molecule has 0 radical (unpaired) electrons. The minimum Gasteiger partial charge on any atom is -0.443 e. The Morgan fingerprint density at radius 1 is 1.35 bits per heavy atom. The van der Waals surface area contributed by atoms with E-state index in [9.17, 15) is 12.8 Å². The van der Waals surface area contributed by atoms with Crippen LogP contribution in [0.2, 0.25) is 0 Å². The summed E-state index contributed by atoms with van der Waals surface area (Å²) in [7, 11) is -2.22. The fraction of sp³-hybridized carbons (Fsp3) is 0.529. The minimum absolute atomic E-state index is 0. The number of furan rings is 1. The maximum atomic E-state index is 13.4. The van der Waals surface area contributed by atoms with Crippen LogP contribution in [-0.4, -0.2) is 41.8 Å². The van der Waals surface area contributed by atoms with Crippen LogP contribution in [0.3, 0.4) is 0 Å². The number of benzene rings is 1. The molecule has 146 valence electrons. The van der Waals surface area contributed by atoms with Crippen molar-refractivity contribution >= 4 is 33.4 Å². The van der Waals surface area contributed by atoms with Gasteiger partial charge in [-0.15, -0.1) is 12.4 Å². The van der Waals surface area contributed by atoms with Gasteiger partial charge in [0.2, 0.25) is 5.09 Å². The van der Waals surface area contributed by atoms with E-state index >= 15 is 0 Å². The number of halogens is 2. The van der Waals surface area contributed by atoms with Gasteiger partial charge in [0.1, 0.15) is 11.4 Å². The van der Waals surface area contributed by atoms with Gasteiger partial charge in [0.05, 0.1) is 6.61 Å². The highest BCUT2D eigenvalue weighted by Crippen LogP contribution is 2.31. The van der Waals surface area contributed by atoms with Gasteiger partial charge in [-0.1, -0.05) is 0 Å². The molecule has 0 aliphatic carbocycles. The molecule has 9 heteroatoms. The van der Waals surface area contributed by atoms with Crippen molar-refractivity contribution in [3.63, 3.8) is 0 Å². The molecule has 2 N–H and O–H groups in total. The van der Waals surface area contributed by atoms with E-state index in [0.717, 1.165) is 25.9 Å². The second-order valence-electron chi connectivity index (χ2n) is 6.66. The Labute approximate surface area is 158 Å². The van der Waals surface area contributed by atoms with Gasteiger partial charge in [0.25, 0.3) is 10.0 Å². The van der Waals surface area contributed by atoms with Crippen molar-refractivity contribution < 1.29 is 22.0 Å². The second-order valence-corrected chi connectivity index (χ2v) is 8.33. The maximum absolute atomic E-state index is 13.4. The number of hydrogen-bond acceptors (Lipinski definition) is 5. The van der Waals surface area contributed by atoms with E-state index < -0.39 is 15.8 Å². The minimum atomic E-state index is -3.84. The number of hydrogen-bond donors (Lipinski definition) is 2. The van der Waals surface area contributed by atoms with Gasteiger partial charge < -0.3 is 14.5 Å². The lowest BCUT2D eigenvalue weighted by atomic mass is 9.80. The van der Waals surface area contributed by atoms with Gasteiger partial charge in [0, 0.05) is 30.0 Å². The summed E-state index contributed by atoms with van der Waals surface area (Å²) < 4.78 is 52.4. The Kier molecular flexibility index (Phi) is 6.68. The Balaban J connectivity index is 0.00000243. The summed E-state index contributed by atoms with van der Waals surface area (Å²) in [6.45, 7) is 4.04. The fourth-order valence-corrected chi connectivity index (χ4v) is 4.72. The van der Waals surface area contributed by atoms with Crippen LogP contribution in [0, 0.1) is 18.2 Å². The first-order valence-electron chi connectivity index (χ1n) is 8.25.